The number of carbonyl (C=O) groups is 1. The van der Waals surface area contributed by atoms with Gasteiger partial charge in [-0.15, -0.1) is 11.3 Å². The molecule has 146 valence electrons. The van der Waals surface area contributed by atoms with E-state index in [1.807, 2.05) is 45.2 Å². The van der Waals surface area contributed by atoms with E-state index in [-0.39, 0.29) is 29.2 Å². The van der Waals surface area contributed by atoms with Gasteiger partial charge in [0.2, 0.25) is 0 Å². The SMILES string of the molecule is CC(C)CN(C(=O)C=Cc1cccs1)c1c(N)n(CC(C)C)c(=O)[nH]c1=O. The molecular weight excluding hydrogens is 364 g/mol. The molecule has 8 heteroatoms. The number of H-pyrrole nitrogens is 1. The summed E-state index contributed by atoms with van der Waals surface area (Å²) in [6, 6.07) is 3.79. The summed E-state index contributed by atoms with van der Waals surface area (Å²) in [6.45, 7) is 8.43. The zero-order chi connectivity index (χ0) is 20.1. The van der Waals surface area contributed by atoms with Gasteiger partial charge in [0.05, 0.1) is 0 Å². The summed E-state index contributed by atoms with van der Waals surface area (Å²) in [4.78, 5) is 42.1. The number of thiophene rings is 1. The Hall–Kier alpha value is -2.61. The quantitative estimate of drug-likeness (QED) is 0.709. The first-order valence-corrected chi connectivity index (χ1v) is 9.74. The number of aromatic amines is 1. The molecule has 7 nitrogen and oxygen atoms in total. The van der Waals surface area contributed by atoms with Crippen LogP contribution in [0.5, 0.6) is 0 Å². The van der Waals surface area contributed by atoms with Crippen LogP contribution >= 0.6 is 11.3 Å². The minimum atomic E-state index is -0.656. The molecule has 0 saturated heterocycles. The molecule has 2 aromatic rings. The molecule has 0 saturated carbocycles. The van der Waals surface area contributed by atoms with Gasteiger partial charge in [0.15, 0.2) is 5.69 Å². The van der Waals surface area contributed by atoms with Crippen LogP contribution in [-0.2, 0) is 11.3 Å². The highest BCUT2D eigenvalue weighted by molar-refractivity contribution is 7.10. The summed E-state index contributed by atoms with van der Waals surface area (Å²) in [5.41, 5.74) is 4.96. The smallest absolute Gasteiger partial charge is 0.330 e. The van der Waals surface area contributed by atoms with Crippen molar-refractivity contribution in [2.45, 2.75) is 34.2 Å². The number of rotatable bonds is 7. The first-order valence-electron chi connectivity index (χ1n) is 8.86. The number of carbonyl (C=O) groups excluding carboxylic acids is 1. The van der Waals surface area contributed by atoms with Crippen molar-refractivity contribution in [1.82, 2.24) is 9.55 Å². The average molecular weight is 391 g/mol. The highest BCUT2D eigenvalue weighted by Gasteiger charge is 2.24. The molecule has 0 aliphatic rings. The van der Waals surface area contributed by atoms with E-state index in [9.17, 15) is 14.4 Å². The first-order chi connectivity index (χ1) is 12.7. The Balaban J connectivity index is 2.51. The number of amides is 1. The van der Waals surface area contributed by atoms with Gasteiger partial charge in [-0.05, 0) is 29.4 Å². The minimum Gasteiger partial charge on any atom is -0.383 e. The number of nitrogens with zero attached hydrogens (tertiary/aromatic N) is 2. The van der Waals surface area contributed by atoms with Gasteiger partial charge in [-0.25, -0.2) is 4.79 Å². The summed E-state index contributed by atoms with van der Waals surface area (Å²) in [6.07, 6.45) is 3.12. The summed E-state index contributed by atoms with van der Waals surface area (Å²) in [5, 5.41) is 1.92. The van der Waals surface area contributed by atoms with Gasteiger partial charge >= 0.3 is 5.69 Å². The van der Waals surface area contributed by atoms with Gasteiger partial charge < -0.3 is 10.6 Å². The van der Waals surface area contributed by atoms with Gasteiger partial charge in [-0.2, -0.15) is 0 Å². The molecule has 0 aliphatic carbocycles. The van der Waals surface area contributed by atoms with Crippen LogP contribution in [0.3, 0.4) is 0 Å². The van der Waals surface area contributed by atoms with Crippen molar-refractivity contribution in [2.24, 2.45) is 11.8 Å². The van der Waals surface area contributed by atoms with Gasteiger partial charge in [0, 0.05) is 24.0 Å². The topological polar surface area (TPSA) is 101 Å². The summed E-state index contributed by atoms with van der Waals surface area (Å²) in [7, 11) is 0. The first kappa shape index (κ1) is 20.7. The van der Waals surface area contributed by atoms with Crippen molar-refractivity contribution >= 4 is 34.8 Å². The van der Waals surface area contributed by atoms with Crippen molar-refractivity contribution in [2.75, 3.05) is 17.2 Å². The lowest BCUT2D eigenvalue weighted by Gasteiger charge is -2.25. The van der Waals surface area contributed by atoms with E-state index in [1.54, 1.807) is 6.08 Å². The van der Waals surface area contributed by atoms with Gasteiger partial charge in [-0.1, -0.05) is 33.8 Å². The molecule has 1 amide bonds. The van der Waals surface area contributed by atoms with Crippen molar-refractivity contribution in [3.63, 3.8) is 0 Å². The second kappa shape index (κ2) is 8.85. The molecule has 0 bridgehead atoms. The lowest BCUT2D eigenvalue weighted by molar-refractivity contribution is -0.114. The molecule has 0 aliphatic heterocycles. The zero-order valence-electron chi connectivity index (χ0n) is 16.1. The van der Waals surface area contributed by atoms with E-state index >= 15 is 0 Å². The monoisotopic (exact) mass is 390 g/mol. The Morgan fingerprint density at radius 2 is 2.00 bits per heavy atom. The van der Waals surface area contributed by atoms with Gasteiger partial charge in [-0.3, -0.25) is 19.1 Å². The summed E-state index contributed by atoms with van der Waals surface area (Å²) >= 11 is 1.51. The third kappa shape index (κ3) is 5.19. The standard InChI is InChI=1S/C19H26N4O3S/c1-12(2)10-22(15(24)8-7-14-6-5-9-27-14)16-17(20)23(11-13(3)4)19(26)21-18(16)25/h5-9,12-13H,10-11,20H2,1-4H3,(H,21,25,26). The molecule has 0 spiro atoms. The number of nitrogens with one attached hydrogen (secondary N) is 1. The molecule has 0 unspecified atom stereocenters. The molecule has 0 fully saturated rings. The predicted molar refractivity (Wildman–Crippen MR) is 111 cm³/mol. The van der Waals surface area contributed by atoms with E-state index in [4.69, 9.17) is 5.73 Å². The Morgan fingerprint density at radius 1 is 1.30 bits per heavy atom. The molecule has 3 N–H and O–H groups in total. The molecule has 0 aromatic carbocycles. The van der Waals surface area contributed by atoms with Crippen LogP contribution in [0.4, 0.5) is 11.5 Å². The van der Waals surface area contributed by atoms with Crippen molar-refractivity contribution in [3.05, 3.63) is 49.3 Å². The molecule has 27 heavy (non-hydrogen) atoms. The largest absolute Gasteiger partial charge is 0.383 e. The molecule has 0 atom stereocenters. The average Bonchev–Trinajstić information content (AvgIpc) is 3.08. The fraction of sp³-hybridized carbons (Fsp3) is 0.421. The van der Waals surface area contributed by atoms with E-state index in [0.29, 0.717) is 13.1 Å². The summed E-state index contributed by atoms with van der Waals surface area (Å²) < 4.78 is 1.31. The van der Waals surface area contributed by atoms with E-state index in [2.05, 4.69) is 4.98 Å². The number of hydrogen-bond donors (Lipinski definition) is 2. The maximum atomic E-state index is 12.8. The Bertz CT molecular complexity index is 923. The maximum absolute atomic E-state index is 12.8. The maximum Gasteiger partial charge on any atom is 0.330 e. The molecule has 2 aromatic heterocycles. The highest BCUT2D eigenvalue weighted by Crippen LogP contribution is 2.20. The Labute approximate surface area is 162 Å². The van der Waals surface area contributed by atoms with E-state index < -0.39 is 11.2 Å². The van der Waals surface area contributed by atoms with Gasteiger partial charge in [0.1, 0.15) is 5.82 Å². The second-order valence-corrected chi connectivity index (χ2v) is 8.17. The molecule has 2 heterocycles. The summed E-state index contributed by atoms with van der Waals surface area (Å²) in [5.74, 6) is -0.0925. The lowest BCUT2D eigenvalue weighted by atomic mass is 10.2. The van der Waals surface area contributed by atoms with Crippen LogP contribution in [0.1, 0.15) is 32.6 Å². The predicted octanol–water partition coefficient (Wildman–Crippen LogP) is 2.54. The third-order valence-electron chi connectivity index (χ3n) is 3.78. The molecular formula is C19H26N4O3S. The number of aromatic nitrogens is 2. The molecule has 0 radical (unpaired) electrons. The van der Waals surface area contributed by atoms with Crippen LogP contribution in [-0.4, -0.2) is 22.0 Å². The fourth-order valence-electron chi connectivity index (χ4n) is 2.67. The van der Waals surface area contributed by atoms with Crippen LogP contribution < -0.4 is 21.9 Å². The van der Waals surface area contributed by atoms with Crippen LogP contribution in [0.2, 0.25) is 0 Å². The van der Waals surface area contributed by atoms with Crippen LogP contribution in [0.15, 0.2) is 33.2 Å². The fourth-order valence-corrected chi connectivity index (χ4v) is 3.29. The third-order valence-corrected chi connectivity index (χ3v) is 4.62. The number of hydrogen-bond acceptors (Lipinski definition) is 5. The van der Waals surface area contributed by atoms with Crippen LogP contribution in [0.25, 0.3) is 6.08 Å². The van der Waals surface area contributed by atoms with Gasteiger partial charge in [0.25, 0.3) is 11.5 Å². The second-order valence-electron chi connectivity index (χ2n) is 7.19. The van der Waals surface area contributed by atoms with E-state index in [1.165, 1.54) is 26.9 Å². The highest BCUT2D eigenvalue weighted by atomic mass is 32.1. The number of nitrogens with two attached hydrogens (primary N) is 1. The number of anilines is 2. The molecule has 2 rings (SSSR count). The zero-order valence-corrected chi connectivity index (χ0v) is 16.9. The van der Waals surface area contributed by atoms with Crippen LogP contribution in [0, 0.1) is 11.8 Å². The van der Waals surface area contributed by atoms with E-state index in [0.717, 1.165) is 4.88 Å². The van der Waals surface area contributed by atoms with Crippen molar-refractivity contribution in [3.8, 4) is 0 Å². The normalized spacial score (nSPS) is 11.6. The lowest BCUT2D eigenvalue weighted by Crippen LogP contribution is -2.42. The minimum absolute atomic E-state index is 0.0102. The van der Waals surface area contributed by atoms with Crippen molar-refractivity contribution in [1.29, 1.82) is 0 Å². The Kier molecular flexibility index (Phi) is 6.79. The Morgan fingerprint density at radius 3 is 2.56 bits per heavy atom. The van der Waals surface area contributed by atoms with Crippen molar-refractivity contribution < 1.29 is 4.79 Å². The number of nitrogen functional groups attached to an aromatic ring is 1.